The number of nitrogens with one attached hydrogen (secondary N) is 1. The van der Waals surface area contributed by atoms with Gasteiger partial charge in [-0.05, 0) is 19.4 Å². The topological polar surface area (TPSA) is 29.1 Å². The number of benzene rings is 1. The first kappa shape index (κ1) is 9.59. The number of carbonyl (C=O) groups is 1. The fourth-order valence-corrected chi connectivity index (χ4v) is 2.68. The van der Waals surface area contributed by atoms with E-state index in [0.29, 0.717) is 0 Å². The van der Waals surface area contributed by atoms with Gasteiger partial charge in [-0.2, -0.15) is 0 Å². The van der Waals surface area contributed by atoms with Gasteiger partial charge in [0.2, 0.25) is 0 Å². The predicted molar refractivity (Wildman–Crippen MR) is 59.5 cm³/mol. The molecule has 0 bridgehead atoms. The van der Waals surface area contributed by atoms with Gasteiger partial charge in [0.1, 0.15) is 0 Å². The molecule has 1 N–H and O–H groups in total. The van der Waals surface area contributed by atoms with E-state index in [1.54, 1.807) is 0 Å². The Morgan fingerprint density at radius 2 is 1.93 bits per heavy atom. The summed E-state index contributed by atoms with van der Waals surface area (Å²) in [5.74, 6) is 0. The van der Waals surface area contributed by atoms with Gasteiger partial charge in [0.05, 0.1) is 5.25 Å². The minimum Gasteiger partial charge on any atom is -0.343 e. The summed E-state index contributed by atoms with van der Waals surface area (Å²) in [6, 6.07) is 8.61. The molecule has 2 rings (SSSR count). The van der Waals surface area contributed by atoms with Crippen LogP contribution in [-0.4, -0.2) is 11.3 Å². The normalized spacial score (nSPS) is 26.3. The molecule has 74 valence electrons. The molecule has 1 aliphatic heterocycles. The summed E-state index contributed by atoms with van der Waals surface area (Å²) in [7, 11) is 0. The van der Waals surface area contributed by atoms with Gasteiger partial charge in [0.25, 0.3) is 5.24 Å². The molecule has 2 atom stereocenters. The van der Waals surface area contributed by atoms with Crippen LogP contribution >= 0.6 is 11.8 Å². The fourth-order valence-electron chi connectivity index (χ4n) is 1.63. The van der Waals surface area contributed by atoms with Crippen molar-refractivity contribution in [3.05, 3.63) is 35.4 Å². The molecule has 0 spiro atoms. The molecular weight excluding hydrogens is 194 g/mol. The van der Waals surface area contributed by atoms with Crippen molar-refractivity contribution in [3.63, 3.8) is 0 Å². The van der Waals surface area contributed by atoms with Crippen LogP contribution in [0.5, 0.6) is 0 Å². The van der Waals surface area contributed by atoms with Crippen molar-refractivity contribution in [2.45, 2.75) is 25.1 Å². The van der Waals surface area contributed by atoms with Crippen LogP contribution in [0.4, 0.5) is 4.79 Å². The summed E-state index contributed by atoms with van der Waals surface area (Å²) in [6.45, 7) is 4.11. The van der Waals surface area contributed by atoms with Gasteiger partial charge in [-0.1, -0.05) is 41.6 Å². The summed E-state index contributed by atoms with van der Waals surface area (Å²) in [5, 5.41) is 3.26. The average Bonchev–Trinajstić information content (AvgIpc) is 2.47. The molecule has 2 nitrogen and oxygen atoms in total. The average molecular weight is 207 g/mol. The van der Waals surface area contributed by atoms with Crippen molar-refractivity contribution >= 4 is 17.0 Å². The molecule has 2 unspecified atom stereocenters. The molecule has 1 heterocycles. The molecule has 1 fully saturated rings. The first-order valence-corrected chi connectivity index (χ1v) is 5.58. The molecule has 1 aromatic carbocycles. The largest absolute Gasteiger partial charge is 0.343 e. The lowest BCUT2D eigenvalue weighted by Crippen LogP contribution is -2.23. The lowest BCUT2D eigenvalue weighted by Gasteiger charge is -2.13. The lowest BCUT2D eigenvalue weighted by atomic mass is 10.1. The van der Waals surface area contributed by atoms with Crippen LogP contribution in [0.25, 0.3) is 0 Å². The standard InChI is InChI=1S/C11H13NOS/c1-7-3-5-9(6-4-7)10-8(2)12-11(13)14-10/h3-6,8,10H,1-2H3,(H,12,13). The maximum Gasteiger partial charge on any atom is 0.279 e. The smallest absolute Gasteiger partial charge is 0.279 e. The quantitative estimate of drug-likeness (QED) is 0.767. The van der Waals surface area contributed by atoms with E-state index in [1.807, 2.05) is 6.92 Å². The highest BCUT2D eigenvalue weighted by atomic mass is 32.2. The van der Waals surface area contributed by atoms with Crippen molar-refractivity contribution in [3.8, 4) is 0 Å². The zero-order valence-electron chi connectivity index (χ0n) is 8.28. The van der Waals surface area contributed by atoms with Crippen LogP contribution in [0, 0.1) is 6.92 Å². The molecule has 0 aliphatic carbocycles. The Morgan fingerprint density at radius 1 is 1.29 bits per heavy atom. The van der Waals surface area contributed by atoms with E-state index in [4.69, 9.17) is 0 Å². The molecule has 0 aromatic heterocycles. The van der Waals surface area contributed by atoms with E-state index in [0.717, 1.165) is 0 Å². The second-order valence-corrected chi connectivity index (χ2v) is 4.78. The van der Waals surface area contributed by atoms with Gasteiger partial charge in [-0.25, -0.2) is 0 Å². The summed E-state index contributed by atoms with van der Waals surface area (Å²) < 4.78 is 0. The second-order valence-electron chi connectivity index (χ2n) is 3.67. The SMILES string of the molecule is Cc1ccc(C2SC(=O)NC2C)cc1. The maximum absolute atomic E-state index is 11.2. The van der Waals surface area contributed by atoms with E-state index in [9.17, 15) is 4.79 Å². The summed E-state index contributed by atoms with van der Waals surface area (Å²) in [5.41, 5.74) is 2.48. The van der Waals surface area contributed by atoms with Gasteiger partial charge in [-0.3, -0.25) is 4.79 Å². The second kappa shape index (κ2) is 3.65. The highest BCUT2D eigenvalue weighted by molar-refractivity contribution is 8.14. The van der Waals surface area contributed by atoms with Gasteiger partial charge in [0, 0.05) is 6.04 Å². The van der Waals surface area contributed by atoms with E-state index >= 15 is 0 Å². The van der Waals surface area contributed by atoms with Crippen LogP contribution in [-0.2, 0) is 0 Å². The van der Waals surface area contributed by atoms with Gasteiger partial charge >= 0.3 is 0 Å². The Hall–Kier alpha value is -0.960. The Morgan fingerprint density at radius 3 is 2.43 bits per heavy atom. The molecule has 0 saturated carbocycles. The van der Waals surface area contributed by atoms with Crippen LogP contribution < -0.4 is 5.32 Å². The Balaban J connectivity index is 2.23. The van der Waals surface area contributed by atoms with E-state index in [-0.39, 0.29) is 16.5 Å². The van der Waals surface area contributed by atoms with E-state index in [2.05, 4.69) is 36.5 Å². The number of amides is 1. The van der Waals surface area contributed by atoms with Gasteiger partial charge in [0.15, 0.2) is 0 Å². The number of hydrogen-bond donors (Lipinski definition) is 1. The zero-order valence-corrected chi connectivity index (χ0v) is 9.10. The van der Waals surface area contributed by atoms with Crippen molar-refractivity contribution in [1.29, 1.82) is 0 Å². The van der Waals surface area contributed by atoms with Gasteiger partial charge in [-0.15, -0.1) is 0 Å². The number of carbonyl (C=O) groups excluding carboxylic acids is 1. The maximum atomic E-state index is 11.2. The molecule has 14 heavy (non-hydrogen) atoms. The monoisotopic (exact) mass is 207 g/mol. The third kappa shape index (κ3) is 1.77. The van der Waals surface area contributed by atoms with Crippen molar-refractivity contribution in [2.75, 3.05) is 0 Å². The molecule has 1 amide bonds. The highest BCUT2D eigenvalue weighted by Gasteiger charge is 2.30. The number of hydrogen-bond acceptors (Lipinski definition) is 2. The molecule has 1 aromatic rings. The van der Waals surface area contributed by atoms with E-state index < -0.39 is 0 Å². The third-order valence-electron chi connectivity index (χ3n) is 2.44. The van der Waals surface area contributed by atoms with Crippen LogP contribution in [0.2, 0.25) is 0 Å². The molecule has 3 heteroatoms. The number of thioether (sulfide) groups is 1. The first-order valence-electron chi connectivity index (χ1n) is 4.70. The predicted octanol–water partition coefficient (Wildman–Crippen LogP) is 2.88. The summed E-state index contributed by atoms with van der Waals surface area (Å²) in [6.07, 6.45) is 0. The molecule has 1 saturated heterocycles. The Kier molecular flexibility index (Phi) is 2.50. The highest BCUT2D eigenvalue weighted by Crippen LogP contribution is 2.37. The summed E-state index contributed by atoms with van der Waals surface area (Å²) >= 11 is 1.38. The van der Waals surface area contributed by atoms with Crippen molar-refractivity contribution in [1.82, 2.24) is 5.32 Å². The first-order chi connectivity index (χ1) is 6.66. The van der Waals surface area contributed by atoms with Crippen LogP contribution in [0.15, 0.2) is 24.3 Å². The van der Waals surface area contributed by atoms with Crippen LogP contribution in [0.1, 0.15) is 23.3 Å². The molecular formula is C11H13NOS. The summed E-state index contributed by atoms with van der Waals surface area (Å²) in [4.78, 5) is 11.2. The van der Waals surface area contributed by atoms with Crippen molar-refractivity contribution < 1.29 is 4.79 Å². The molecule has 0 radical (unpaired) electrons. The third-order valence-corrected chi connectivity index (χ3v) is 3.71. The number of rotatable bonds is 1. The lowest BCUT2D eigenvalue weighted by molar-refractivity contribution is 0.260. The minimum atomic E-state index is 0.0862. The fraction of sp³-hybridized carbons (Fsp3) is 0.364. The zero-order chi connectivity index (χ0) is 10.1. The Labute approximate surface area is 88.1 Å². The minimum absolute atomic E-state index is 0.0862. The van der Waals surface area contributed by atoms with Crippen molar-refractivity contribution in [2.24, 2.45) is 0 Å². The van der Waals surface area contributed by atoms with E-state index in [1.165, 1.54) is 22.9 Å². The molecule has 1 aliphatic rings. The number of aryl methyl sites for hydroxylation is 1. The Bertz CT molecular complexity index is 347. The van der Waals surface area contributed by atoms with Crippen LogP contribution in [0.3, 0.4) is 0 Å². The van der Waals surface area contributed by atoms with Gasteiger partial charge < -0.3 is 5.32 Å².